The Kier molecular flexibility index (Phi) is 4.61. The topological polar surface area (TPSA) is 42.0 Å². The zero-order chi connectivity index (χ0) is 16.4. The molecule has 3 rings (SSSR count). The van der Waals surface area contributed by atoms with Crippen LogP contribution in [0.15, 0.2) is 18.2 Å². The van der Waals surface area contributed by atoms with Crippen molar-refractivity contribution in [2.24, 2.45) is 0 Å². The minimum Gasteiger partial charge on any atom is -0.369 e. The molecule has 1 amide bonds. The molecule has 1 aromatic carbocycles. The van der Waals surface area contributed by atoms with Gasteiger partial charge in [-0.15, -0.1) is 0 Å². The van der Waals surface area contributed by atoms with Crippen LogP contribution in [0.1, 0.15) is 5.56 Å². The molecule has 126 valence electrons. The van der Waals surface area contributed by atoms with Gasteiger partial charge in [0.15, 0.2) is 0 Å². The quantitative estimate of drug-likeness (QED) is 0.814. The fourth-order valence-electron chi connectivity index (χ4n) is 3.15. The third-order valence-corrected chi connectivity index (χ3v) is 4.31. The molecule has 2 heterocycles. The van der Waals surface area contributed by atoms with Crippen molar-refractivity contribution in [2.75, 3.05) is 46.5 Å². The van der Waals surface area contributed by atoms with E-state index in [0.29, 0.717) is 32.8 Å². The van der Waals surface area contributed by atoms with Crippen molar-refractivity contribution in [2.45, 2.75) is 12.1 Å². The van der Waals surface area contributed by atoms with Crippen molar-refractivity contribution >= 4 is 5.91 Å². The number of carbonyl (C=O) groups is 1. The Bertz CT molecular complexity index is 578. The second-order valence-electron chi connectivity index (χ2n) is 6.18. The average Bonchev–Trinajstić information content (AvgIpc) is 2.63. The summed E-state index contributed by atoms with van der Waals surface area (Å²) in [4.78, 5) is 15.3. The highest BCUT2D eigenvalue weighted by molar-refractivity contribution is 5.77. The lowest BCUT2D eigenvalue weighted by atomic mass is 10.0. The van der Waals surface area contributed by atoms with Crippen LogP contribution in [-0.4, -0.2) is 67.8 Å². The number of morpholine rings is 1. The zero-order valence-electron chi connectivity index (χ0n) is 13.1. The molecular formula is C16H20F2N2O3. The van der Waals surface area contributed by atoms with Crippen LogP contribution in [-0.2, 0) is 20.8 Å². The van der Waals surface area contributed by atoms with Gasteiger partial charge in [-0.2, -0.15) is 0 Å². The van der Waals surface area contributed by atoms with Crippen LogP contribution >= 0.6 is 0 Å². The van der Waals surface area contributed by atoms with E-state index in [0.717, 1.165) is 0 Å². The summed E-state index contributed by atoms with van der Waals surface area (Å²) in [5.74, 6) is -1.19. The van der Waals surface area contributed by atoms with Gasteiger partial charge in [0.25, 0.3) is 0 Å². The van der Waals surface area contributed by atoms with Crippen LogP contribution in [0.3, 0.4) is 0 Å². The first-order valence-electron chi connectivity index (χ1n) is 7.60. The number of likely N-dealkylation sites (N-methyl/N-ethyl adjacent to an activating group) is 1. The summed E-state index contributed by atoms with van der Waals surface area (Å²) in [5.41, 5.74) is -0.593. The normalized spacial score (nSPS) is 26.6. The highest BCUT2D eigenvalue weighted by Gasteiger charge is 2.41. The van der Waals surface area contributed by atoms with Crippen molar-refractivity contribution < 1.29 is 23.0 Å². The molecule has 1 unspecified atom stereocenters. The van der Waals surface area contributed by atoms with Crippen LogP contribution in [0.4, 0.5) is 8.78 Å². The first kappa shape index (κ1) is 16.3. The van der Waals surface area contributed by atoms with Gasteiger partial charge in [0.05, 0.1) is 19.8 Å². The summed E-state index contributed by atoms with van der Waals surface area (Å²) in [5, 5.41) is 0. The summed E-state index contributed by atoms with van der Waals surface area (Å²) in [7, 11) is 1.71. The number of ether oxygens (including phenoxy) is 2. The van der Waals surface area contributed by atoms with Crippen LogP contribution < -0.4 is 0 Å². The fraction of sp³-hybridized carbons (Fsp3) is 0.562. The molecule has 2 fully saturated rings. The van der Waals surface area contributed by atoms with Gasteiger partial charge >= 0.3 is 0 Å². The zero-order valence-corrected chi connectivity index (χ0v) is 13.1. The maximum atomic E-state index is 13.8. The Balaban J connectivity index is 1.74. The van der Waals surface area contributed by atoms with Crippen molar-refractivity contribution in [3.63, 3.8) is 0 Å². The van der Waals surface area contributed by atoms with E-state index in [4.69, 9.17) is 9.47 Å². The third-order valence-electron chi connectivity index (χ3n) is 4.31. The monoisotopic (exact) mass is 326 g/mol. The molecule has 7 heteroatoms. The van der Waals surface area contributed by atoms with Crippen molar-refractivity contribution in [3.05, 3.63) is 35.4 Å². The van der Waals surface area contributed by atoms with E-state index in [-0.39, 0.29) is 24.6 Å². The number of rotatable bonds is 2. The molecule has 0 aromatic heterocycles. The van der Waals surface area contributed by atoms with Crippen molar-refractivity contribution in [1.82, 2.24) is 9.80 Å². The summed E-state index contributed by atoms with van der Waals surface area (Å²) in [6.07, 6.45) is 0. The Morgan fingerprint density at radius 2 is 2.00 bits per heavy atom. The standard InChI is InChI=1S/C16H20F2N2O3/c1-19-9-16(11-22-8-15(19)21)10-20(5-6-23-16)7-12-13(17)3-2-4-14(12)18/h2-4H,5-11H2,1H3. The van der Waals surface area contributed by atoms with E-state index in [9.17, 15) is 13.6 Å². The first-order valence-corrected chi connectivity index (χ1v) is 7.60. The lowest BCUT2D eigenvalue weighted by molar-refractivity contribution is -0.143. The van der Waals surface area contributed by atoms with Gasteiger partial charge in [-0.3, -0.25) is 9.69 Å². The summed E-state index contributed by atoms with van der Waals surface area (Å²) in [6, 6.07) is 3.88. The second-order valence-corrected chi connectivity index (χ2v) is 6.18. The van der Waals surface area contributed by atoms with E-state index >= 15 is 0 Å². The van der Waals surface area contributed by atoms with Crippen molar-refractivity contribution in [1.29, 1.82) is 0 Å². The molecule has 5 nitrogen and oxygen atoms in total. The van der Waals surface area contributed by atoms with Gasteiger partial charge in [-0.05, 0) is 12.1 Å². The lowest BCUT2D eigenvalue weighted by Gasteiger charge is -2.42. The van der Waals surface area contributed by atoms with E-state index < -0.39 is 17.2 Å². The maximum Gasteiger partial charge on any atom is 0.248 e. The van der Waals surface area contributed by atoms with Crippen LogP contribution in [0, 0.1) is 11.6 Å². The molecule has 2 aliphatic heterocycles. The molecule has 1 aromatic rings. The smallest absolute Gasteiger partial charge is 0.248 e. The first-order chi connectivity index (χ1) is 11.0. The van der Waals surface area contributed by atoms with E-state index in [1.807, 2.05) is 4.90 Å². The van der Waals surface area contributed by atoms with Gasteiger partial charge < -0.3 is 14.4 Å². The predicted octanol–water partition coefficient (Wildman–Crippen LogP) is 1.02. The van der Waals surface area contributed by atoms with E-state index in [2.05, 4.69) is 0 Å². The van der Waals surface area contributed by atoms with Gasteiger partial charge in [0.2, 0.25) is 5.91 Å². The number of amides is 1. The highest BCUT2D eigenvalue weighted by Crippen LogP contribution is 2.24. The Morgan fingerprint density at radius 3 is 2.74 bits per heavy atom. The highest BCUT2D eigenvalue weighted by atomic mass is 19.1. The maximum absolute atomic E-state index is 13.8. The van der Waals surface area contributed by atoms with E-state index in [1.165, 1.54) is 18.2 Å². The average molecular weight is 326 g/mol. The summed E-state index contributed by atoms with van der Waals surface area (Å²) < 4.78 is 39.0. The van der Waals surface area contributed by atoms with Gasteiger partial charge in [-0.1, -0.05) is 6.07 Å². The SMILES string of the molecule is CN1CC2(COCC1=O)CN(Cc1c(F)cccc1F)CCO2. The molecule has 1 atom stereocenters. The number of benzene rings is 1. The molecule has 1 spiro atoms. The summed E-state index contributed by atoms with van der Waals surface area (Å²) in [6.45, 7) is 2.36. The molecule has 0 saturated carbocycles. The molecule has 0 aliphatic carbocycles. The Hall–Kier alpha value is -1.57. The van der Waals surface area contributed by atoms with Gasteiger partial charge in [0.1, 0.15) is 23.8 Å². The molecular weight excluding hydrogens is 306 g/mol. The molecule has 23 heavy (non-hydrogen) atoms. The largest absolute Gasteiger partial charge is 0.369 e. The predicted molar refractivity (Wildman–Crippen MR) is 78.8 cm³/mol. The molecule has 0 bridgehead atoms. The summed E-state index contributed by atoms with van der Waals surface area (Å²) >= 11 is 0. The van der Waals surface area contributed by atoms with Crippen LogP contribution in [0.25, 0.3) is 0 Å². The van der Waals surface area contributed by atoms with E-state index in [1.54, 1.807) is 11.9 Å². The minimum atomic E-state index is -0.652. The fourth-order valence-corrected chi connectivity index (χ4v) is 3.15. The number of hydrogen-bond donors (Lipinski definition) is 0. The molecule has 0 N–H and O–H groups in total. The Labute approximate surface area is 133 Å². The second kappa shape index (κ2) is 6.51. The minimum absolute atomic E-state index is 0.0313. The molecule has 0 radical (unpaired) electrons. The molecule has 2 saturated heterocycles. The van der Waals surface area contributed by atoms with Crippen molar-refractivity contribution in [3.8, 4) is 0 Å². The number of nitrogens with zero attached hydrogens (tertiary/aromatic N) is 2. The van der Waals surface area contributed by atoms with Gasteiger partial charge in [-0.25, -0.2) is 8.78 Å². The number of hydrogen-bond acceptors (Lipinski definition) is 4. The molecule has 2 aliphatic rings. The van der Waals surface area contributed by atoms with Crippen LogP contribution in [0.2, 0.25) is 0 Å². The lowest BCUT2D eigenvalue weighted by Crippen LogP contribution is -2.58. The Morgan fingerprint density at radius 1 is 1.26 bits per heavy atom. The van der Waals surface area contributed by atoms with Gasteiger partial charge in [0, 0.05) is 32.2 Å². The number of halogens is 2. The third kappa shape index (κ3) is 3.52. The van der Waals surface area contributed by atoms with Crippen LogP contribution in [0.5, 0.6) is 0 Å². The number of carbonyl (C=O) groups excluding carboxylic acids is 1.